The minimum absolute atomic E-state index is 0.0641. The number of hydrogen-bond acceptors (Lipinski definition) is 4. The van der Waals surface area contributed by atoms with Gasteiger partial charge in [0.25, 0.3) is 0 Å². The second kappa shape index (κ2) is 6.07. The zero-order valence-electron chi connectivity index (χ0n) is 15.4. The lowest BCUT2D eigenvalue weighted by molar-refractivity contribution is -0.127. The normalized spacial score (nSPS) is 35.0. The molecule has 1 heterocycles. The number of nitrogens with one attached hydrogen (secondary N) is 2. The van der Waals surface area contributed by atoms with Crippen molar-refractivity contribution < 1.29 is 14.3 Å². The predicted octanol–water partition coefficient (Wildman–Crippen LogP) is 3.34. The molecule has 5 aliphatic rings. The standard InChI is InChI=1S/C21H28N2O3/c1-13(22-17-2-3-18-19(9-17)26-5-4-25-18)20(24)23-21-10-14-6-15(11-21)8-16(7-14)12-21/h2-3,9,13-16,22H,4-8,10-12H2,1H3,(H,23,24)/t13-,14?,15?,16?,21?/m0/s1. The highest BCUT2D eigenvalue weighted by atomic mass is 16.6. The van der Waals surface area contributed by atoms with Gasteiger partial charge < -0.3 is 20.1 Å². The van der Waals surface area contributed by atoms with Gasteiger partial charge in [-0.3, -0.25) is 4.79 Å². The summed E-state index contributed by atoms with van der Waals surface area (Å²) < 4.78 is 11.2. The third-order valence-electron chi connectivity index (χ3n) is 6.75. The molecule has 1 aromatic rings. The van der Waals surface area contributed by atoms with Gasteiger partial charge in [0.1, 0.15) is 19.3 Å². The van der Waals surface area contributed by atoms with Crippen molar-refractivity contribution in [2.75, 3.05) is 18.5 Å². The molecule has 0 spiro atoms. The molecular formula is C21H28N2O3. The average molecular weight is 356 g/mol. The SMILES string of the molecule is C[C@H](Nc1ccc2c(c1)OCCO2)C(=O)NC12CC3CC(CC(C3)C1)C2. The van der Waals surface area contributed by atoms with Gasteiger partial charge >= 0.3 is 0 Å². The van der Waals surface area contributed by atoms with E-state index in [-0.39, 0.29) is 17.5 Å². The molecule has 1 atom stereocenters. The van der Waals surface area contributed by atoms with E-state index in [0.717, 1.165) is 34.9 Å². The van der Waals surface area contributed by atoms with Gasteiger partial charge in [0.05, 0.1) is 0 Å². The van der Waals surface area contributed by atoms with Crippen LogP contribution in [0.15, 0.2) is 18.2 Å². The highest BCUT2D eigenvalue weighted by Crippen LogP contribution is 2.55. The van der Waals surface area contributed by atoms with E-state index in [1.54, 1.807) is 0 Å². The number of carbonyl (C=O) groups is 1. The van der Waals surface area contributed by atoms with Crippen LogP contribution in [0.5, 0.6) is 11.5 Å². The van der Waals surface area contributed by atoms with E-state index in [0.29, 0.717) is 13.2 Å². The van der Waals surface area contributed by atoms with E-state index in [1.807, 2.05) is 25.1 Å². The van der Waals surface area contributed by atoms with E-state index in [1.165, 1.54) is 38.5 Å². The van der Waals surface area contributed by atoms with E-state index >= 15 is 0 Å². The predicted molar refractivity (Wildman–Crippen MR) is 99.6 cm³/mol. The van der Waals surface area contributed by atoms with Crippen molar-refractivity contribution >= 4 is 11.6 Å². The second-order valence-electron chi connectivity index (χ2n) is 8.91. The molecule has 0 unspecified atom stereocenters. The van der Waals surface area contributed by atoms with Gasteiger partial charge in [-0.05, 0) is 75.3 Å². The lowest BCUT2D eigenvalue weighted by Gasteiger charge is -2.57. The maximum Gasteiger partial charge on any atom is 0.242 e. The first kappa shape index (κ1) is 16.3. The summed E-state index contributed by atoms with van der Waals surface area (Å²) in [5.74, 6) is 4.14. The molecule has 26 heavy (non-hydrogen) atoms. The fourth-order valence-corrected chi connectivity index (χ4v) is 6.08. The molecule has 5 nitrogen and oxygen atoms in total. The third kappa shape index (κ3) is 2.91. The average Bonchev–Trinajstić information content (AvgIpc) is 2.60. The fraction of sp³-hybridized carbons (Fsp3) is 0.667. The Morgan fingerprint density at radius 2 is 1.65 bits per heavy atom. The van der Waals surface area contributed by atoms with E-state index in [4.69, 9.17) is 9.47 Å². The lowest BCUT2D eigenvalue weighted by Crippen LogP contribution is -2.61. The summed E-state index contributed by atoms with van der Waals surface area (Å²) in [7, 11) is 0. The molecule has 140 valence electrons. The summed E-state index contributed by atoms with van der Waals surface area (Å²) in [5, 5.41) is 6.78. The minimum atomic E-state index is -0.273. The zero-order chi connectivity index (χ0) is 17.7. The summed E-state index contributed by atoms with van der Waals surface area (Å²) >= 11 is 0. The van der Waals surface area contributed by atoms with Crippen molar-refractivity contribution in [1.29, 1.82) is 0 Å². The molecule has 6 rings (SSSR count). The van der Waals surface area contributed by atoms with Crippen molar-refractivity contribution in [1.82, 2.24) is 5.32 Å². The molecule has 2 N–H and O–H groups in total. The molecule has 0 saturated heterocycles. The van der Waals surface area contributed by atoms with Crippen LogP contribution in [0.1, 0.15) is 45.4 Å². The van der Waals surface area contributed by atoms with E-state index in [2.05, 4.69) is 10.6 Å². The van der Waals surface area contributed by atoms with Gasteiger partial charge in [0, 0.05) is 17.3 Å². The zero-order valence-corrected chi connectivity index (χ0v) is 15.4. The third-order valence-corrected chi connectivity index (χ3v) is 6.75. The van der Waals surface area contributed by atoms with Crippen molar-refractivity contribution in [2.24, 2.45) is 17.8 Å². The molecule has 4 bridgehead atoms. The highest BCUT2D eigenvalue weighted by Gasteiger charge is 2.51. The van der Waals surface area contributed by atoms with Crippen molar-refractivity contribution in [3.05, 3.63) is 18.2 Å². The number of ether oxygens (including phenoxy) is 2. The van der Waals surface area contributed by atoms with Crippen LogP contribution in [0, 0.1) is 17.8 Å². The molecule has 4 aliphatic carbocycles. The van der Waals surface area contributed by atoms with Gasteiger partial charge in [0.15, 0.2) is 11.5 Å². The van der Waals surface area contributed by atoms with Crippen LogP contribution in [0.3, 0.4) is 0 Å². The van der Waals surface area contributed by atoms with Crippen molar-refractivity contribution in [2.45, 2.75) is 57.0 Å². The summed E-state index contributed by atoms with van der Waals surface area (Å²) in [4.78, 5) is 12.9. The topological polar surface area (TPSA) is 59.6 Å². The van der Waals surface area contributed by atoms with E-state index < -0.39 is 0 Å². The molecule has 0 aromatic heterocycles. The van der Waals surface area contributed by atoms with Crippen LogP contribution >= 0.6 is 0 Å². The van der Waals surface area contributed by atoms with Crippen LogP contribution in [-0.2, 0) is 4.79 Å². The quantitative estimate of drug-likeness (QED) is 0.869. The first-order valence-electron chi connectivity index (χ1n) is 10.1. The Bertz CT molecular complexity index is 682. The largest absolute Gasteiger partial charge is 0.486 e. The molecule has 0 radical (unpaired) electrons. The summed E-state index contributed by atoms with van der Waals surface area (Å²) in [6, 6.07) is 5.50. The van der Waals surface area contributed by atoms with Gasteiger partial charge in [0.2, 0.25) is 5.91 Å². The number of benzene rings is 1. The molecular weight excluding hydrogens is 328 g/mol. The molecule has 4 saturated carbocycles. The summed E-state index contributed by atoms with van der Waals surface area (Å²) in [6.07, 6.45) is 7.71. The maximum atomic E-state index is 12.9. The van der Waals surface area contributed by atoms with E-state index in [9.17, 15) is 4.79 Å². The van der Waals surface area contributed by atoms with Crippen molar-refractivity contribution in [3.63, 3.8) is 0 Å². The number of hydrogen-bond donors (Lipinski definition) is 2. The first-order chi connectivity index (χ1) is 12.6. The Hall–Kier alpha value is -1.91. The van der Waals surface area contributed by atoms with Gasteiger partial charge in [-0.2, -0.15) is 0 Å². The van der Waals surface area contributed by atoms with Crippen LogP contribution in [0.25, 0.3) is 0 Å². The summed E-state index contributed by atoms with van der Waals surface area (Å²) in [6.45, 7) is 3.09. The molecule has 1 aliphatic heterocycles. The van der Waals surface area contributed by atoms with Crippen LogP contribution in [0.4, 0.5) is 5.69 Å². The first-order valence-corrected chi connectivity index (χ1v) is 10.1. The number of amides is 1. The number of carbonyl (C=O) groups excluding carboxylic acids is 1. The Kier molecular flexibility index (Phi) is 3.80. The molecule has 1 amide bonds. The summed E-state index contributed by atoms with van der Waals surface area (Å²) in [5.41, 5.74) is 0.955. The smallest absolute Gasteiger partial charge is 0.242 e. The van der Waals surface area contributed by atoms with Gasteiger partial charge in [-0.1, -0.05) is 0 Å². The number of rotatable bonds is 4. The van der Waals surface area contributed by atoms with Gasteiger partial charge in [-0.25, -0.2) is 0 Å². The Labute approximate surface area is 154 Å². The molecule has 4 fully saturated rings. The number of fused-ring (bicyclic) bond motifs is 1. The van der Waals surface area contributed by atoms with Crippen molar-refractivity contribution in [3.8, 4) is 11.5 Å². The van der Waals surface area contributed by atoms with Crippen LogP contribution < -0.4 is 20.1 Å². The Morgan fingerprint density at radius 3 is 2.31 bits per heavy atom. The highest BCUT2D eigenvalue weighted by molar-refractivity contribution is 5.85. The second-order valence-corrected chi connectivity index (χ2v) is 8.91. The monoisotopic (exact) mass is 356 g/mol. The Balaban J connectivity index is 1.25. The number of anilines is 1. The molecule has 5 heteroatoms. The maximum absolute atomic E-state index is 12.9. The molecule has 1 aromatic carbocycles. The van der Waals surface area contributed by atoms with Crippen LogP contribution in [-0.4, -0.2) is 30.7 Å². The minimum Gasteiger partial charge on any atom is -0.486 e. The lowest BCUT2D eigenvalue weighted by atomic mass is 9.53. The van der Waals surface area contributed by atoms with Gasteiger partial charge in [-0.15, -0.1) is 0 Å². The van der Waals surface area contributed by atoms with Crippen LogP contribution in [0.2, 0.25) is 0 Å². The Morgan fingerprint density at radius 1 is 1.04 bits per heavy atom. The fourth-order valence-electron chi connectivity index (χ4n) is 6.08.